The number of aromatic nitrogens is 2. The van der Waals surface area contributed by atoms with Crippen molar-refractivity contribution >= 4 is 21.9 Å². The predicted molar refractivity (Wildman–Crippen MR) is 59.6 cm³/mol. The Labute approximate surface area is 96.4 Å². The van der Waals surface area contributed by atoms with Crippen LogP contribution in [0.4, 0.5) is 0 Å². The summed E-state index contributed by atoms with van der Waals surface area (Å²) in [6, 6.07) is -0.888. The molecule has 0 aliphatic heterocycles. The second kappa shape index (κ2) is 4.76. The Morgan fingerprint density at radius 3 is 2.73 bits per heavy atom. The van der Waals surface area contributed by atoms with Crippen LogP contribution in [0.25, 0.3) is 0 Å². The maximum atomic E-state index is 10.6. The number of nitrogens with zero attached hydrogens (tertiary/aromatic N) is 2. The van der Waals surface area contributed by atoms with Crippen LogP contribution in [-0.4, -0.2) is 26.9 Å². The van der Waals surface area contributed by atoms with Crippen LogP contribution in [-0.2, 0) is 24.7 Å². The molecule has 1 heterocycles. The monoisotopic (exact) mass is 275 g/mol. The van der Waals surface area contributed by atoms with Crippen LogP contribution < -0.4 is 5.73 Å². The molecule has 84 valence electrons. The molecule has 0 saturated heterocycles. The van der Waals surface area contributed by atoms with E-state index >= 15 is 0 Å². The molecule has 0 saturated carbocycles. The third kappa shape index (κ3) is 2.57. The molecule has 1 atom stereocenters. The molecule has 0 aliphatic rings. The molecule has 1 aromatic heterocycles. The topological polar surface area (TPSA) is 81.1 Å². The average Bonchev–Trinajstić information content (AvgIpc) is 2.44. The lowest BCUT2D eigenvalue weighted by Crippen LogP contribution is -2.33. The van der Waals surface area contributed by atoms with Gasteiger partial charge < -0.3 is 10.8 Å². The van der Waals surface area contributed by atoms with Gasteiger partial charge in [0.1, 0.15) is 6.04 Å². The average molecular weight is 276 g/mol. The summed E-state index contributed by atoms with van der Waals surface area (Å²) >= 11 is 3.41. The van der Waals surface area contributed by atoms with Crippen molar-refractivity contribution in [2.24, 2.45) is 12.8 Å². The summed E-state index contributed by atoms with van der Waals surface area (Å²) in [6.45, 7) is 1.99. The Bertz CT molecular complexity index is 376. The molecule has 0 fully saturated rings. The lowest BCUT2D eigenvalue weighted by Gasteiger charge is -2.06. The van der Waals surface area contributed by atoms with Gasteiger partial charge in [-0.05, 0) is 22.4 Å². The molecular formula is C9H14BrN3O2. The summed E-state index contributed by atoms with van der Waals surface area (Å²) in [5, 5.41) is 13.0. The molecule has 0 aromatic carbocycles. The van der Waals surface area contributed by atoms with Gasteiger partial charge in [0.2, 0.25) is 0 Å². The molecule has 0 aliphatic carbocycles. The summed E-state index contributed by atoms with van der Waals surface area (Å²) in [6.07, 6.45) is 1.08. The van der Waals surface area contributed by atoms with E-state index in [0.717, 1.165) is 22.3 Å². The third-order valence-electron chi connectivity index (χ3n) is 2.23. The fourth-order valence-corrected chi connectivity index (χ4v) is 2.12. The van der Waals surface area contributed by atoms with E-state index in [1.165, 1.54) is 0 Å². The van der Waals surface area contributed by atoms with E-state index in [1.54, 1.807) is 11.7 Å². The minimum Gasteiger partial charge on any atom is -0.480 e. The van der Waals surface area contributed by atoms with E-state index in [2.05, 4.69) is 21.0 Å². The number of rotatable bonds is 4. The van der Waals surface area contributed by atoms with Crippen LogP contribution in [0.2, 0.25) is 0 Å². The number of hydrogen-bond acceptors (Lipinski definition) is 3. The van der Waals surface area contributed by atoms with Crippen molar-refractivity contribution in [1.82, 2.24) is 9.78 Å². The quantitative estimate of drug-likeness (QED) is 0.848. The van der Waals surface area contributed by atoms with Gasteiger partial charge >= 0.3 is 5.97 Å². The Morgan fingerprint density at radius 2 is 2.33 bits per heavy atom. The van der Waals surface area contributed by atoms with Crippen molar-refractivity contribution in [1.29, 1.82) is 0 Å². The van der Waals surface area contributed by atoms with Gasteiger partial charge in [0.15, 0.2) is 0 Å². The zero-order valence-corrected chi connectivity index (χ0v) is 10.3. The molecule has 0 spiro atoms. The van der Waals surface area contributed by atoms with Gasteiger partial charge in [-0.1, -0.05) is 6.92 Å². The van der Waals surface area contributed by atoms with Crippen LogP contribution in [0.5, 0.6) is 0 Å². The molecule has 5 nitrogen and oxygen atoms in total. The molecule has 0 radical (unpaired) electrons. The first-order valence-electron chi connectivity index (χ1n) is 4.66. The number of aryl methyl sites for hydroxylation is 2. The van der Waals surface area contributed by atoms with E-state index in [9.17, 15) is 4.79 Å². The zero-order chi connectivity index (χ0) is 11.6. The van der Waals surface area contributed by atoms with Gasteiger partial charge in [-0.15, -0.1) is 0 Å². The Balaban J connectivity index is 2.94. The maximum absolute atomic E-state index is 10.6. The van der Waals surface area contributed by atoms with Gasteiger partial charge in [-0.25, -0.2) is 0 Å². The Morgan fingerprint density at radius 1 is 1.73 bits per heavy atom. The van der Waals surface area contributed by atoms with Gasteiger partial charge in [0.25, 0.3) is 0 Å². The predicted octanol–water partition coefficient (Wildman–Crippen LogP) is 0.699. The number of aliphatic carboxylic acids is 1. The molecule has 0 amide bonds. The number of carboxylic acid groups (broad SMARTS) is 1. The molecule has 6 heteroatoms. The first-order valence-corrected chi connectivity index (χ1v) is 5.45. The minimum absolute atomic E-state index is 0.277. The lowest BCUT2D eigenvalue weighted by atomic mass is 10.1. The molecule has 0 unspecified atom stereocenters. The first-order chi connectivity index (χ1) is 6.97. The lowest BCUT2D eigenvalue weighted by molar-refractivity contribution is -0.138. The number of carbonyl (C=O) groups is 1. The molecule has 15 heavy (non-hydrogen) atoms. The molecule has 0 bridgehead atoms. The molecular weight excluding hydrogens is 262 g/mol. The maximum Gasteiger partial charge on any atom is 0.320 e. The third-order valence-corrected chi connectivity index (χ3v) is 3.15. The second-order valence-electron chi connectivity index (χ2n) is 3.33. The van der Waals surface area contributed by atoms with Gasteiger partial charge in [0, 0.05) is 13.5 Å². The number of hydrogen-bond donors (Lipinski definition) is 2. The number of halogens is 1. The van der Waals surface area contributed by atoms with Crippen LogP contribution in [0.3, 0.4) is 0 Å². The van der Waals surface area contributed by atoms with E-state index < -0.39 is 12.0 Å². The van der Waals surface area contributed by atoms with E-state index in [-0.39, 0.29) is 6.42 Å². The fourth-order valence-electron chi connectivity index (χ4n) is 1.34. The summed E-state index contributed by atoms with van der Waals surface area (Å²) in [5.74, 6) is -0.999. The SMILES string of the molecule is CCc1nn(C)c(C[C@H](N)C(=O)O)c1Br. The Hall–Kier alpha value is -0.880. The van der Waals surface area contributed by atoms with Crippen molar-refractivity contribution in [3.63, 3.8) is 0 Å². The van der Waals surface area contributed by atoms with Crippen molar-refractivity contribution in [2.45, 2.75) is 25.8 Å². The normalized spacial score (nSPS) is 12.8. The zero-order valence-electron chi connectivity index (χ0n) is 8.70. The molecule has 3 N–H and O–H groups in total. The smallest absolute Gasteiger partial charge is 0.320 e. The number of nitrogens with two attached hydrogens (primary N) is 1. The highest BCUT2D eigenvalue weighted by Gasteiger charge is 2.19. The fraction of sp³-hybridized carbons (Fsp3) is 0.556. The van der Waals surface area contributed by atoms with Crippen LogP contribution in [0, 0.1) is 0 Å². The summed E-state index contributed by atoms with van der Waals surface area (Å²) < 4.78 is 2.54. The van der Waals surface area contributed by atoms with Gasteiger partial charge in [-0.3, -0.25) is 9.48 Å². The van der Waals surface area contributed by atoms with Crippen LogP contribution in [0.15, 0.2) is 4.47 Å². The molecule has 1 aromatic rings. The van der Waals surface area contributed by atoms with E-state index in [4.69, 9.17) is 10.8 Å². The second-order valence-corrected chi connectivity index (χ2v) is 4.13. The van der Waals surface area contributed by atoms with E-state index in [1.807, 2.05) is 6.92 Å². The molecule has 1 rings (SSSR count). The highest BCUT2D eigenvalue weighted by molar-refractivity contribution is 9.10. The van der Waals surface area contributed by atoms with Crippen molar-refractivity contribution < 1.29 is 9.90 Å². The summed E-state index contributed by atoms with van der Waals surface area (Å²) in [7, 11) is 1.79. The first kappa shape index (κ1) is 12.2. The minimum atomic E-state index is -0.999. The highest BCUT2D eigenvalue weighted by Crippen LogP contribution is 2.22. The van der Waals surface area contributed by atoms with Crippen LogP contribution in [0.1, 0.15) is 18.3 Å². The van der Waals surface area contributed by atoms with Gasteiger partial charge in [0.05, 0.1) is 15.9 Å². The van der Waals surface area contributed by atoms with E-state index in [0.29, 0.717) is 0 Å². The summed E-state index contributed by atoms with van der Waals surface area (Å²) in [4.78, 5) is 10.6. The summed E-state index contributed by atoms with van der Waals surface area (Å²) in [5.41, 5.74) is 7.22. The largest absolute Gasteiger partial charge is 0.480 e. The van der Waals surface area contributed by atoms with Crippen molar-refractivity contribution in [2.75, 3.05) is 0 Å². The van der Waals surface area contributed by atoms with Crippen molar-refractivity contribution in [3.8, 4) is 0 Å². The standard InChI is InChI=1S/C9H14BrN3O2/c1-3-6-8(10)7(13(2)12-6)4-5(11)9(14)15/h5H,3-4,11H2,1-2H3,(H,14,15)/t5-/m0/s1. The Kier molecular flexibility index (Phi) is 3.87. The van der Waals surface area contributed by atoms with Crippen molar-refractivity contribution in [3.05, 3.63) is 15.9 Å². The van der Waals surface area contributed by atoms with Crippen LogP contribution >= 0.6 is 15.9 Å². The van der Waals surface area contributed by atoms with Gasteiger partial charge in [-0.2, -0.15) is 5.10 Å². The highest BCUT2D eigenvalue weighted by atomic mass is 79.9. The number of carboxylic acids is 1.